The van der Waals surface area contributed by atoms with Crippen LogP contribution in [0.25, 0.3) is 0 Å². The van der Waals surface area contributed by atoms with E-state index in [1.807, 2.05) is 55.4 Å². The van der Waals surface area contributed by atoms with Crippen LogP contribution in [-0.4, -0.2) is 43.5 Å². The zero-order valence-corrected chi connectivity index (χ0v) is 14.7. The highest BCUT2D eigenvalue weighted by atomic mass is 16.5. The van der Waals surface area contributed by atoms with Crippen LogP contribution in [-0.2, 0) is 11.3 Å². The minimum absolute atomic E-state index is 0.128. The molecule has 0 aliphatic carbocycles. The molecule has 0 radical (unpaired) electrons. The first kappa shape index (κ1) is 18.5. The number of carbonyl (C=O) groups is 1. The number of rotatable bonds is 8. The molecule has 1 heterocycles. The van der Waals surface area contributed by atoms with E-state index in [2.05, 4.69) is 10.3 Å². The Morgan fingerprint density at radius 1 is 1.20 bits per heavy atom. The van der Waals surface area contributed by atoms with Gasteiger partial charge in [-0.25, -0.2) is 4.98 Å². The van der Waals surface area contributed by atoms with Crippen molar-refractivity contribution in [3.63, 3.8) is 0 Å². The number of methoxy groups -OCH3 is 1. The first-order chi connectivity index (χ1) is 12.1. The molecule has 1 amide bonds. The van der Waals surface area contributed by atoms with E-state index in [4.69, 9.17) is 9.47 Å². The molecule has 0 atom stereocenters. The monoisotopic (exact) mass is 341 g/mol. The molecule has 0 aliphatic rings. The molecule has 1 aromatic heterocycles. The highest BCUT2D eigenvalue weighted by Crippen LogP contribution is 2.22. The lowest BCUT2D eigenvalue weighted by Crippen LogP contribution is -2.21. The molecule has 2 rings (SSSR count). The maximum absolute atomic E-state index is 11.8. The number of nitrogens with zero attached hydrogens (tertiary/aromatic N) is 2. The molecular weight excluding hydrogens is 318 g/mol. The van der Waals surface area contributed by atoms with Gasteiger partial charge in [0.2, 0.25) is 11.8 Å². The second kappa shape index (κ2) is 9.44. The number of hydrogen-bond donors (Lipinski definition) is 1. The molecule has 0 unspecified atom stereocenters. The standard InChI is InChI=1S/C19H23N3O3/c1-22(2)12-4-5-18(23)21-14-15-10-11-20-19(13-15)25-17-8-6-16(24-3)7-9-17/h4-11,13H,12,14H2,1-3H3,(H,21,23)/b5-4+. The summed E-state index contributed by atoms with van der Waals surface area (Å²) in [4.78, 5) is 17.9. The van der Waals surface area contributed by atoms with Crippen LogP contribution >= 0.6 is 0 Å². The fourth-order valence-electron chi connectivity index (χ4n) is 2.00. The Balaban J connectivity index is 1.89. The summed E-state index contributed by atoms with van der Waals surface area (Å²) in [5.74, 6) is 1.77. The van der Waals surface area contributed by atoms with Gasteiger partial charge in [-0.15, -0.1) is 0 Å². The van der Waals surface area contributed by atoms with Crippen LogP contribution in [0.5, 0.6) is 17.4 Å². The third kappa shape index (κ3) is 6.64. The molecule has 1 aromatic carbocycles. The fraction of sp³-hybridized carbons (Fsp3) is 0.263. The van der Waals surface area contributed by atoms with Crippen molar-refractivity contribution in [2.45, 2.75) is 6.54 Å². The molecule has 0 aliphatic heterocycles. The largest absolute Gasteiger partial charge is 0.497 e. The van der Waals surface area contributed by atoms with Crippen LogP contribution in [0.3, 0.4) is 0 Å². The maximum Gasteiger partial charge on any atom is 0.243 e. The van der Waals surface area contributed by atoms with Crippen LogP contribution in [0.4, 0.5) is 0 Å². The van der Waals surface area contributed by atoms with E-state index in [-0.39, 0.29) is 5.91 Å². The van der Waals surface area contributed by atoms with Crippen LogP contribution in [0, 0.1) is 0 Å². The number of nitrogens with one attached hydrogen (secondary N) is 1. The summed E-state index contributed by atoms with van der Waals surface area (Å²) < 4.78 is 10.8. The number of pyridine rings is 1. The van der Waals surface area contributed by atoms with E-state index in [0.29, 0.717) is 18.2 Å². The minimum atomic E-state index is -0.128. The first-order valence-corrected chi connectivity index (χ1v) is 7.93. The van der Waals surface area contributed by atoms with E-state index in [0.717, 1.165) is 17.9 Å². The Hall–Kier alpha value is -2.86. The van der Waals surface area contributed by atoms with Gasteiger partial charge >= 0.3 is 0 Å². The average molecular weight is 341 g/mol. The van der Waals surface area contributed by atoms with Crippen LogP contribution in [0.15, 0.2) is 54.7 Å². The molecule has 0 fully saturated rings. The number of ether oxygens (including phenoxy) is 2. The Morgan fingerprint density at radius 3 is 2.60 bits per heavy atom. The first-order valence-electron chi connectivity index (χ1n) is 7.93. The van der Waals surface area contributed by atoms with E-state index >= 15 is 0 Å². The van der Waals surface area contributed by atoms with Gasteiger partial charge in [-0.05, 0) is 50.0 Å². The van der Waals surface area contributed by atoms with Crippen molar-refractivity contribution < 1.29 is 14.3 Å². The normalized spacial score (nSPS) is 10.9. The topological polar surface area (TPSA) is 63.7 Å². The summed E-state index contributed by atoms with van der Waals surface area (Å²) in [6.07, 6.45) is 5.01. The molecule has 132 valence electrons. The van der Waals surface area contributed by atoms with Gasteiger partial charge in [-0.1, -0.05) is 6.08 Å². The summed E-state index contributed by atoms with van der Waals surface area (Å²) in [6, 6.07) is 10.9. The number of carbonyl (C=O) groups excluding carboxylic acids is 1. The number of benzene rings is 1. The van der Waals surface area contributed by atoms with E-state index in [9.17, 15) is 4.79 Å². The number of hydrogen-bond acceptors (Lipinski definition) is 5. The van der Waals surface area contributed by atoms with Gasteiger partial charge in [0.15, 0.2) is 0 Å². The second-order valence-corrected chi connectivity index (χ2v) is 5.66. The van der Waals surface area contributed by atoms with Crippen molar-refractivity contribution in [2.75, 3.05) is 27.7 Å². The molecular formula is C19H23N3O3. The van der Waals surface area contributed by atoms with E-state index in [1.165, 1.54) is 6.08 Å². The quantitative estimate of drug-likeness (QED) is 0.748. The average Bonchev–Trinajstić information content (AvgIpc) is 2.61. The van der Waals surface area contributed by atoms with Crippen molar-refractivity contribution in [3.05, 3.63) is 60.3 Å². The molecule has 0 saturated carbocycles. The van der Waals surface area contributed by atoms with Crippen LogP contribution < -0.4 is 14.8 Å². The molecule has 6 heteroatoms. The van der Waals surface area contributed by atoms with Gasteiger partial charge in [0, 0.05) is 31.4 Å². The van der Waals surface area contributed by atoms with Crippen molar-refractivity contribution in [1.82, 2.24) is 15.2 Å². The molecule has 1 N–H and O–H groups in total. The van der Waals surface area contributed by atoms with Crippen molar-refractivity contribution in [3.8, 4) is 17.4 Å². The van der Waals surface area contributed by atoms with Crippen molar-refractivity contribution in [1.29, 1.82) is 0 Å². The zero-order chi connectivity index (χ0) is 18.1. The smallest absolute Gasteiger partial charge is 0.243 e. The van der Waals surface area contributed by atoms with Gasteiger partial charge in [0.25, 0.3) is 0 Å². The van der Waals surface area contributed by atoms with Crippen LogP contribution in [0.2, 0.25) is 0 Å². The lowest BCUT2D eigenvalue weighted by Gasteiger charge is -2.08. The SMILES string of the molecule is COc1ccc(Oc2cc(CNC(=O)/C=C/CN(C)C)ccn2)cc1. The number of amides is 1. The lowest BCUT2D eigenvalue weighted by molar-refractivity contribution is -0.116. The van der Waals surface area contributed by atoms with Gasteiger partial charge < -0.3 is 19.7 Å². The molecule has 25 heavy (non-hydrogen) atoms. The van der Waals surface area contributed by atoms with Gasteiger partial charge in [-0.2, -0.15) is 0 Å². The molecule has 2 aromatic rings. The van der Waals surface area contributed by atoms with Gasteiger partial charge in [0.05, 0.1) is 7.11 Å². The summed E-state index contributed by atoms with van der Waals surface area (Å²) in [5, 5.41) is 2.83. The maximum atomic E-state index is 11.8. The Morgan fingerprint density at radius 2 is 1.92 bits per heavy atom. The summed E-state index contributed by atoms with van der Waals surface area (Å²) >= 11 is 0. The second-order valence-electron chi connectivity index (χ2n) is 5.66. The fourth-order valence-corrected chi connectivity index (χ4v) is 2.00. The summed E-state index contributed by atoms with van der Waals surface area (Å²) in [7, 11) is 5.51. The van der Waals surface area contributed by atoms with Gasteiger partial charge in [-0.3, -0.25) is 4.79 Å². The van der Waals surface area contributed by atoms with Gasteiger partial charge in [0.1, 0.15) is 11.5 Å². The highest BCUT2D eigenvalue weighted by Gasteiger charge is 2.03. The highest BCUT2D eigenvalue weighted by molar-refractivity contribution is 5.87. The number of aromatic nitrogens is 1. The predicted molar refractivity (Wildman–Crippen MR) is 96.8 cm³/mol. The lowest BCUT2D eigenvalue weighted by atomic mass is 10.2. The summed E-state index contributed by atoms with van der Waals surface area (Å²) in [6.45, 7) is 1.13. The number of likely N-dealkylation sites (N-methyl/N-ethyl adjacent to an activating group) is 1. The molecule has 0 spiro atoms. The van der Waals surface area contributed by atoms with Crippen LogP contribution in [0.1, 0.15) is 5.56 Å². The molecule has 0 saturated heterocycles. The third-order valence-corrected chi connectivity index (χ3v) is 3.29. The van der Waals surface area contributed by atoms with Crippen molar-refractivity contribution >= 4 is 5.91 Å². The zero-order valence-electron chi connectivity index (χ0n) is 14.7. The predicted octanol–water partition coefficient (Wildman–Crippen LogP) is 2.62. The molecule has 6 nitrogen and oxygen atoms in total. The minimum Gasteiger partial charge on any atom is -0.497 e. The molecule has 0 bridgehead atoms. The van der Waals surface area contributed by atoms with E-state index < -0.39 is 0 Å². The Bertz CT molecular complexity index is 712. The van der Waals surface area contributed by atoms with E-state index in [1.54, 1.807) is 19.4 Å². The third-order valence-electron chi connectivity index (χ3n) is 3.29. The van der Waals surface area contributed by atoms with Crippen molar-refractivity contribution in [2.24, 2.45) is 0 Å². The Kier molecular flexibility index (Phi) is 6.98. The Labute approximate surface area is 148 Å². The summed E-state index contributed by atoms with van der Waals surface area (Å²) in [5.41, 5.74) is 0.910.